The number of rotatable bonds is 5. The summed E-state index contributed by atoms with van der Waals surface area (Å²) in [5.41, 5.74) is -0.223. The maximum absolute atomic E-state index is 12.2. The Morgan fingerprint density at radius 3 is 2.20 bits per heavy atom. The Balaban J connectivity index is 2.33. The van der Waals surface area contributed by atoms with E-state index in [1.807, 2.05) is 34.0 Å². The monoisotopic (exact) mass is 299 g/mol. The molecule has 1 saturated carbocycles. The molecule has 1 unspecified atom stereocenters. The van der Waals surface area contributed by atoms with E-state index in [1.165, 1.54) is 0 Å². The van der Waals surface area contributed by atoms with Crippen LogP contribution in [0.5, 0.6) is 0 Å². The molecular weight excluding hydrogens is 270 g/mol. The van der Waals surface area contributed by atoms with E-state index >= 15 is 0 Å². The first kappa shape index (κ1) is 17.5. The third-order valence-electron chi connectivity index (χ3n) is 4.24. The van der Waals surface area contributed by atoms with Gasteiger partial charge in [0, 0.05) is 17.9 Å². The fourth-order valence-corrected chi connectivity index (χ4v) is 3.03. The van der Waals surface area contributed by atoms with Crippen LogP contribution in [-0.4, -0.2) is 29.7 Å². The maximum Gasteiger partial charge on any atom is 0.232 e. The molecular formula is C16H29NO2S. The number of Topliss-reactive ketones (excluding diaryl/α,β-unsaturated/α-hetero) is 1. The lowest BCUT2D eigenvalue weighted by Crippen LogP contribution is -2.37. The van der Waals surface area contributed by atoms with Crippen LogP contribution in [0.3, 0.4) is 0 Å². The first-order valence-corrected chi connectivity index (χ1v) is 8.89. The molecule has 4 heteroatoms. The van der Waals surface area contributed by atoms with Crippen LogP contribution in [0.4, 0.5) is 0 Å². The van der Waals surface area contributed by atoms with Crippen LogP contribution in [0.25, 0.3) is 0 Å². The van der Waals surface area contributed by atoms with Crippen molar-refractivity contribution in [2.75, 3.05) is 12.8 Å². The molecule has 0 heterocycles. The summed E-state index contributed by atoms with van der Waals surface area (Å²) in [6, 6.07) is 0. The highest BCUT2D eigenvalue weighted by atomic mass is 32.2. The summed E-state index contributed by atoms with van der Waals surface area (Å²) >= 11 is 1.57. The second-order valence-electron chi connectivity index (χ2n) is 6.95. The second-order valence-corrected chi connectivity index (χ2v) is 8.13. The van der Waals surface area contributed by atoms with Crippen molar-refractivity contribution in [1.82, 2.24) is 5.32 Å². The fraction of sp³-hybridized carbons (Fsp3) is 0.875. The summed E-state index contributed by atoms with van der Waals surface area (Å²) in [7, 11) is 0. The highest BCUT2D eigenvalue weighted by molar-refractivity contribution is 7.99. The molecule has 116 valence electrons. The van der Waals surface area contributed by atoms with Gasteiger partial charge in [0.15, 0.2) is 0 Å². The largest absolute Gasteiger partial charge is 0.355 e. The van der Waals surface area contributed by atoms with Gasteiger partial charge in [0.2, 0.25) is 5.91 Å². The van der Waals surface area contributed by atoms with Crippen LogP contribution >= 0.6 is 11.8 Å². The lowest BCUT2D eigenvalue weighted by Gasteiger charge is -2.31. The van der Waals surface area contributed by atoms with E-state index in [0.29, 0.717) is 11.7 Å². The van der Waals surface area contributed by atoms with E-state index < -0.39 is 0 Å². The van der Waals surface area contributed by atoms with Gasteiger partial charge in [0.25, 0.3) is 0 Å². The molecule has 1 rings (SSSR count). The molecule has 0 aliphatic heterocycles. The summed E-state index contributed by atoms with van der Waals surface area (Å²) in [5.74, 6) is 1.30. The van der Waals surface area contributed by atoms with Gasteiger partial charge in [-0.15, -0.1) is 0 Å². The zero-order valence-electron chi connectivity index (χ0n) is 13.5. The standard InChI is InChI=1S/C16H29NO2S/c1-11(20-5)15(19)17-10-12-6-8-13(9-7-12)14(18)16(2,3)4/h11-13H,6-10H2,1-5H3,(H,17,19). The Morgan fingerprint density at radius 2 is 1.75 bits per heavy atom. The van der Waals surface area contributed by atoms with Gasteiger partial charge in [0.05, 0.1) is 5.25 Å². The summed E-state index contributed by atoms with van der Waals surface area (Å²) in [6.07, 6.45) is 6.03. The minimum absolute atomic E-state index is 0.0220. The lowest BCUT2D eigenvalue weighted by molar-refractivity contribution is -0.131. The Morgan fingerprint density at radius 1 is 1.20 bits per heavy atom. The van der Waals surface area contributed by atoms with Gasteiger partial charge in [-0.25, -0.2) is 0 Å². The van der Waals surface area contributed by atoms with Crippen molar-refractivity contribution in [2.45, 2.75) is 58.6 Å². The molecule has 0 radical (unpaired) electrons. The van der Waals surface area contributed by atoms with Gasteiger partial charge < -0.3 is 5.32 Å². The van der Waals surface area contributed by atoms with Crippen LogP contribution in [-0.2, 0) is 9.59 Å². The smallest absolute Gasteiger partial charge is 0.232 e. The predicted molar refractivity (Wildman–Crippen MR) is 85.9 cm³/mol. The normalized spacial score (nSPS) is 25.1. The zero-order valence-corrected chi connectivity index (χ0v) is 14.3. The predicted octanol–water partition coefficient (Wildman–Crippen LogP) is 3.28. The van der Waals surface area contributed by atoms with Crippen molar-refractivity contribution in [3.63, 3.8) is 0 Å². The highest BCUT2D eigenvalue weighted by Gasteiger charge is 2.32. The number of amides is 1. The number of ketones is 1. The summed E-state index contributed by atoms with van der Waals surface area (Å²) < 4.78 is 0. The van der Waals surface area contributed by atoms with Crippen LogP contribution in [0, 0.1) is 17.3 Å². The third-order valence-corrected chi connectivity index (χ3v) is 5.17. The molecule has 0 spiro atoms. The molecule has 0 aromatic carbocycles. The Hall–Kier alpha value is -0.510. The van der Waals surface area contributed by atoms with E-state index in [-0.39, 0.29) is 22.5 Å². The summed E-state index contributed by atoms with van der Waals surface area (Å²) in [4.78, 5) is 24.0. The first-order chi connectivity index (χ1) is 9.25. The molecule has 1 aliphatic carbocycles. The van der Waals surface area contributed by atoms with Crippen molar-refractivity contribution in [1.29, 1.82) is 0 Å². The molecule has 0 bridgehead atoms. The molecule has 1 fully saturated rings. The van der Waals surface area contributed by atoms with E-state index in [1.54, 1.807) is 11.8 Å². The number of thioether (sulfide) groups is 1. The minimum Gasteiger partial charge on any atom is -0.355 e. The topological polar surface area (TPSA) is 46.2 Å². The van der Waals surface area contributed by atoms with Gasteiger partial charge in [-0.05, 0) is 44.8 Å². The molecule has 20 heavy (non-hydrogen) atoms. The third kappa shape index (κ3) is 5.12. The van der Waals surface area contributed by atoms with Gasteiger partial charge in [-0.3, -0.25) is 9.59 Å². The number of hydrogen-bond donors (Lipinski definition) is 1. The molecule has 1 amide bonds. The Kier molecular flexibility index (Phi) is 6.56. The molecule has 1 atom stereocenters. The maximum atomic E-state index is 12.2. The lowest BCUT2D eigenvalue weighted by atomic mass is 9.73. The zero-order chi connectivity index (χ0) is 15.3. The van der Waals surface area contributed by atoms with Crippen LogP contribution in [0.15, 0.2) is 0 Å². The van der Waals surface area contributed by atoms with Gasteiger partial charge >= 0.3 is 0 Å². The number of nitrogens with one attached hydrogen (secondary N) is 1. The average molecular weight is 299 g/mol. The Bertz CT molecular complexity index is 341. The van der Waals surface area contributed by atoms with E-state index in [9.17, 15) is 9.59 Å². The molecule has 3 nitrogen and oxygen atoms in total. The van der Waals surface area contributed by atoms with E-state index in [2.05, 4.69) is 5.32 Å². The Labute approximate surface area is 127 Å². The van der Waals surface area contributed by atoms with E-state index in [0.717, 1.165) is 32.2 Å². The first-order valence-electron chi connectivity index (χ1n) is 7.60. The van der Waals surface area contributed by atoms with E-state index in [4.69, 9.17) is 0 Å². The SMILES string of the molecule is CSC(C)C(=O)NCC1CCC(C(=O)C(C)(C)C)CC1. The van der Waals surface area contributed by atoms with Crippen molar-refractivity contribution in [3.05, 3.63) is 0 Å². The quantitative estimate of drug-likeness (QED) is 0.847. The van der Waals surface area contributed by atoms with Crippen molar-refractivity contribution in [3.8, 4) is 0 Å². The summed E-state index contributed by atoms with van der Waals surface area (Å²) in [5, 5.41) is 3.05. The average Bonchev–Trinajstić information content (AvgIpc) is 2.42. The van der Waals surface area contributed by atoms with Crippen molar-refractivity contribution >= 4 is 23.5 Å². The molecule has 1 N–H and O–H groups in total. The summed E-state index contributed by atoms with van der Waals surface area (Å²) in [6.45, 7) is 8.71. The second kappa shape index (κ2) is 7.48. The number of hydrogen-bond acceptors (Lipinski definition) is 3. The molecule has 0 aromatic rings. The van der Waals surface area contributed by atoms with Gasteiger partial charge in [-0.2, -0.15) is 11.8 Å². The van der Waals surface area contributed by atoms with Crippen molar-refractivity contribution in [2.24, 2.45) is 17.3 Å². The van der Waals surface area contributed by atoms with Gasteiger partial charge in [0.1, 0.15) is 5.78 Å². The fourth-order valence-electron chi connectivity index (χ4n) is 2.74. The molecule has 0 saturated heterocycles. The van der Waals surface area contributed by atoms with Crippen LogP contribution < -0.4 is 5.32 Å². The number of carbonyl (C=O) groups is 2. The van der Waals surface area contributed by atoms with Crippen LogP contribution in [0.1, 0.15) is 53.4 Å². The van der Waals surface area contributed by atoms with Gasteiger partial charge in [-0.1, -0.05) is 20.8 Å². The molecule has 1 aliphatic rings. The number of carbonyl (C=O) groups excluding carboxylic acids is 2. The highest BCUT2D eigenvalue weighted by Crippen LogP contribution is 2.33. The molecule has 0 aromatic heterocycles. The van der Waals surface area contributed by atoms with Crippen LogP contribution in [0.2, 0.25) is 0 Å². The minimum atomic E-state index is -0.223. The van der Waals surface area contributed by atoms with Crippen molar-refractivity contribution < 1.29 is 9.59 Å².